The van der Waals surface area contributed by atoms with Gasteiger partial charge < -0.3 is 10.2 Å². The summed E-state index contributed by atoms with van der Waals surface area (Å²) in [5.74, 6) is 0. The maximum atomic E-state index is 3.72. The lowest BCUT2D eigenvalue weighted by Crippen LogP contribution is -2.51. The number of nitrogens with zero attached hydrogens (tertiary/aromatic N) is 1. The lowest BCUT2D eigenvalue weighted by molar-refractivity contribution is 0.209. The molecule has 2 atom stereocenters. The summed E-state index contributed by atoms with van der Waals surface area (Å²) in [6.45, 7) is 7.33. The van der Waals surface area contributed by atoms with E-state index >= 15 is 0 Å². The second kappa shape index (κ2) is 5.16. The predicted molar refractivity (Wildman–Crippen MR) is 81.6 cm³/mol. The van der Waals surface area contributed by atoms with E-state index in [2.05, 4.69) is 54.4 Å². The maximum absolute atomic E-state index is 3.72. The highest BCUT2D eigenvalue weighted by molar-refractivity contribution is 5.48. The van der Waals surface area contributed by atoms with Gasteiger partial charge in [-0.3, -0.25) is 0 Å². The van der Waals surface area contributed by atoms with E-state index in [0.717, 1.165) is 0 Å². The van der Waals surface area contributed by atoms with Gasteiger partial charge in [-0.25, -0.2) is 0 Å². The van der Waals surface area contributed by atoms with Gasteiger partial charge in [0.25, 0.3) is 0 Å². The van der Waals surface area contributed by atoms with Crippen molar-refractivity contribution in [3.63, 3.8) is 0 Å². The molecule has 0 radical (unpaired) electrons. The van der Waals surface area contributed by atoms with Gasteiger partial charge in [-0.1, -0.05) is 32.0 Å². The van der Waals surface area contributed by atoms with Crippen molar-refractivity contribution in [1.29, 1.82) is 0 Å². The van der Waals surface area contributed by atoms with E-state index in [9.17, 15) is 0 Å². The summed E-state index contributed by atoms with van der Waals surface area (Å²) in [6.07, 6.45) is 5.34. The number of hydrogen-bond donors (Lipinski definition) is 1. The Morgan fingerprint density at radius 3 is 2.58 bits per heavy atom. The Balaban J connectivity index is 1.82. The Morgan fingerprint density at radius 2 is 1.89 bits per heavy atom. The molecule has 19 heavy (non-hydrogen) atoms. The zero-order chi connectivity index (χ0) is 13.3. The molecule has 2 heterocycles. The maximum Gasteiger partial charge on any atom is 0.0368 e. The second-order valence-electron chi connectivity index (χ2n) is 6.66. The number of para-hydroxylation sites is 1. The average molecular weight is 258 g/mol. The van der Waals surface area contributed by atoms with Gasteiger partial charge in [0.05, 0.1) is 0 Å². The minimum Gasteiger partial charge on any atom is -0.368 e. The molecule has 1 N–H and O–H groups in total. The van der Waals surface area contributed by atoms with Gasteiger partial charge in [-0.2, -0.15) is 0 Å². The van der Waals surface area contributed by atoms with E-state index < -0.39 is 0 Å². The average Bonchev–Trinajstić information content (AvgIpc) is 3.11. The van der Waals surface area contributed by atoms with Crippen LogP contribution in [0, 0.1) is 5.41 Å². The molecule has 1 aromatic rings. The van der Waals surface area contributed by atoms with Gasteiger partial charge in [-0.15, -0.1) is 0 Å². The molecule has 2 saturated heterocycles. The Kier molecular flexibility index (Phi) is 3.53. The van der Waals surface area contributed by atoms with Gasteiger partial charge in [0.15, 0.2) is 0 Å². The first-order valence-electron chi connectivity index (χ1n) is 7.74. The molecule has 0 bridgehead atoms. The number of hydrogen-bond acceptors (Lipinski definition) is 2. The fourth-order valence-corrected chi connectivity index (χ4v) is 4.02. The van der Waals surface area contributed by atoms with Crippen LogP contribution in [0.3, 0.4) is 0 Å². The monoisotopic (exact) mass is 258 g/mol. The van der Waals surface area contributed by atoms with Gasteiger partial charge in [0.2, 0.25) is 0 Å². The number of anilines is 1. The molecule has 2 aliphatic rings. The Bertz CT molecular complexity index is 407. The standard InChI is InChI=1S/C17H26N2/c1-17(2,15-10-6-12-18-15)16-11-7-13-19(16)14-8-4-3-5-9-14/h3-5,8-9,15-16,18H,6-7,10-13H2,1-2H3/t15-,16-/m0/s1. The van der Waals surface area contributed by atoms with Crippen LogP contribution >= 0.6 is 0 Å². The Labute approximate surface area is 117 Å². The molecule has 2 nitrogen and oxygen atoms in total. The predicted octanol–water partition coefficient (Wildman–Crippen LogP) is 3.43. The summed E-state index contributed by atoms with van der Waals surface area (Å²) in [7, 11) is 0. The molecule has 0 aromatic heterocycles. The van der Waals surface area contributed by atoms with Crippen LogP contribution in [0.2, 0.25) is 0 Å². The summed E-state index contributed by atoms with van der Waals surface area (Å²) in [6, 6.07) is 12.3. The van der Waals surface area contributed by atoms with Crippen LogP contribution in [-0.2, 0) is 0 Å². The molecule has 2 aliphatic heterocycles. The largest absolute Gasteiger partial charge is 0.368 e. The summed E-state index contributed by atoms with van der Waals surface area (Å²) >= 11 is 0. The molecule has 3 rings (SSSR count). The van der Waals surface area contributed by atoms with Gasteiger partial charge in [0, 0.05) is 29.7 Å². The summed E-state index contributed by atoms with van der Waals surface area (Å²) in [5.41, 5.74) is 1.75. The summed E-state index contributed by atoms with van der Waals surface area (Å²) in [5, 5.41) is 3.72. The molecule has 1 aromatic carbocycles. The third kappa shape index (κ3) is 2.38. The molecule has 0 saturated carbocycles. The second-order valence-corrected chi connectivity index (χ2v) is 6.66. The lowest BCUT2D eigenvalue weighted by Gasteiger charge is -2.43. The Morgan fingerprint density at radius 1 is 1.11 bits per heavy atom. The molecule has 104 valence electrons. The zero-order valence-corrected chi connectivity index (χ0v) is 12.2. The van der Waals surface area contributed by atoms with Gasteiger partial charge in [0.1, 0.15) is 0 Å². The van der Waals surface area contributed by atoms with E-state index in [4.69, 9.17) is 0 Å². The van der Waals surface area contributed by atoms with Crippen LogP contribution in [0.15, 0.2) is 30.3 Å². The van der Waals surface area contributed by atoms with Crippen molar-refractivity contribution < 1.29 is 0 Å². The van der Waals surface area contributed by atoms with Gasteiger partial charge >= 0.3 is 0 Å². The quantitative estimate of drug-likeness (QED) is 0.893. The highest BCUT2D eigenvalue weighted by Crippen LogP contribution is 2.40. The van der Waals surface area contributed by atoms with Crippen molar-refractivity contribution in [2.45, 2.75) is 51.6 Å². The number of benzene rings is 1. The van der Waals surface area contributed by atoms with Crippen molar-refractivity contribution >= 4 is 5.69 Å². The van der Waals surface area contributed by atoms with E-state index in [-0.39, 0.29) is 0 Å². The van der Waals surface area contributed by atoms with Crippen LogP contribution in [0.4, 0.5) is 5.69 Å². The highest BCUT2D eigenvalue weighted by atomic mass is 15.2. The first-order chi connectivity index (χ1) is 9.19. The first kappa shape index (κ1) is 13.0. The van der Waals surface area contributed by atoms with Crippen LogP contribution in [-0.4, -0.2) is 25.2 Å². The SMILES string of the molecule is CC(C)([C@@H]1CCCN1)[C@@H]1CCCN1c1ccccc1. The van der Waals surface area contributed by atoms with Crippen molar-refractivity contribution in [3.8, 4) is 0 Å². The molecule has 0 unspecified atom stereocenters. The van der Waals surface area contributed by atoms with E-state index in [1.807, 2.05) is 0 Å². The van der Waals surface area contributed by atoms with Crippen LogP contribution in [0.5, 0.6) is 0 Å². The van der Waals surface area contributed by atoms with Crippen LogP contribution in [0.1, 0.15) is 39.5 Å². The van der Waals surface area contributed by atoms with Crippen molar-refractivity contribution in [1.82, 2.24) is 5.32 Å². The topological polar surface area (TPSA) is 15.3 Å². The third-order valence-corrected chi connectivity index (χ3v) is 5.16. The summed E-state index contributed by atoms with van der Waals surface area (Å²) in [4.78, 5) is 2.64. The van der Waals surface area contributed by atoms with Crippen molar-refractivity contribution in [2.24, 2.45) is 5.41 Å². The highest BCUT2D eigenvalue weighted by Gasteiger charge is 2.43. The Hall–Kier alpha value is -1.02. The first-order valence-corrected chi connectivity index (χ1v) is 7.74. The van der Waals surface area contributed by atoms with E-state index in [1.54, 1.807) is 0 Å². The van der Waals surface area contributed by atoms with Crippen LogP contribution < -0.4 is 10.2 Å². The number of rotatable bonds is 3. The third-order valence-electron chi connectivity index (χ3n) is 5.16. The molecular weight excluding hydrogens is 232 g/mol. The molecule has 2 fully saturated rings. The normalized spacial score (nSPS) is 28.0. The number of nitrogens with one attached hydrogen (secondary N) is 1. The zero-order valence-electron chi connectivity index (χ0n) is 12.2. The molecular formula is C17H26N2. The lowest BCUT2D eigenvalue weighted by atomic mass is 9.75. The summed E-state index contributed by atoms with van der Waals surface area (Å²) < 4.78 is 0. The van der Waals surface area contributed by atoms with Crippen molar-refractivity contribution in [2.75, 3.05) is 18.0 Å². The fraction of sp³-hybridized carbons (Fsp3) is 0.647. The smallest absolute Gasteiger partial charge is 0.0368 e. The molecule has 2 heteroatoms. The molecule has 0 amide bonds. The fourth-order valence-electron chi connectivity index (χ4n) is 4.02. The van der Waals surface area contributed by atoms with Gasteiger partial charge in [-0.05, 0) is 44.4 Å². The van der Waals surface area contributed by atoms with E-state index in [0.29, 0.717) is 17.5 Å². The van der Waals surface area contributed by atoms with E-state index in [1.165, 1.54) is 44.5 Å². The van der Waals surface area contributed by atoms with Crippen LogP contribution in [0.25, 0.3) is 0 Å². The minimum absolute atomic E-state index is 0.350. The molecule has 0 spiro atoms. The van der Waals surface area contributed by atoms with Crippen molar-refractivity contribution in [3.05, 3.63) is 30.3 Å². The molecule has 0 aliphatic carbocycles. The minimum atomic E-state index is 0.350.